The zero-order valence-electron chi connectivity index (χ0n) is 13.6. The van der Waals surface area contributed by atoms with Gasteiger partial charge in [0.2, 0.25) is 0 Å². The number of nitrogens with zero attached hydrogens (tertiary/aromatic N) is 1. The average Bonchev–Trinajstić information content (AvgIpc) is 2.84. The molecule has 2 nitrogen and oxygen atoms in total. The average molecular weight is 329 g/mol. The molecule has 0 N–H and O–H groups in total. The summed E-state index contributed by atoms with van der Waals surface area (Å²) in [5.41, 5.74) is 2.55. The Morgan fingerprint density at radius 1 is 0.880 bits per heavy atom. The van der Waals surface area contributed by atoms with Crippen molar-refractivity contribution in [3.8, 4) is 0 Å². The number of rotatable bonds is 2. The van der Waals surface area contributed by atoms with Gasteiger partial charge in [0, 0.05) is 17.2 Å². The van der Waals surface area contributed by atoms with Gasteiger partial charge in [-0.2, -0.15) is 0 Å². The molecule has 3 heteroatoms. The van der Waals surface area contributed by atoms with Crippen molar-refractivity contribution in [2.75, 3.05) is 6.54 Å². The summed E-state index contributed by atoms with van der Waals surface area (Å²) in [6.07, 6.45) is 1.88. The molecule has 3 aromatic rings. The molecule has 0 bridgehead atoms. The Balaban J connectivity index is 1.79. The first-order valence-electron chi connectivity index (χ1n) is 8.06. The second kappa shape index (κ2) is 6.36. The van der Waals surface area contributed by atoms with Crippen LogP contribution >= 0.6 is 0 Å². The summed E-state index contributed by atoms with van der Waals surface area (Å²) in [7, 11) is 0. The monoisotopic (exact) mass is 329 g/mol. The van der Waals surface area contributed by atoms with Crippen LogP contribution in [0.1, 0.15) is 11.1 Å². The van der Waals surface area contributed by atoms with E-state index in [0.29, 0.717) is 18.1 Å². The molecule has 0 saturated heterocycles. The second-order valence-electron chi connectivity index (χ2n) is 5.92. The van der Waals surface area contributed by atoms with E-state index in [1.807, 2.05) is 24.3 Å². The molecule has 0 radical (unpaired) electrons. The summed E-state index contributed by atoms with van der Waals surface area (Å²) in [4.78, 5) is 4.54. The number of aliphatic imine (C=N–C) groups is 1. The molecule has 1 aliphatic heterocycles. The van der Waals surface area contributed by atoms with Gasteiger partial charge in [-0.15, -0.1) is 0 Å². The van der Waals surface area contributed by atoms with Crippen molar-refractivity contribution < 1.29 is 9.13 Å². The highest BCUT2D eigenvalue weighted by Gasteiger charge is 2.13. The molecule has 0 saturated carbocycles. The number of ether oxygens (including phenoxy) is 1. The maximum atomic E-state index is 13.2. The molecule has 0 fully saturated rings. The third-order valence-electron chi connectivity index (χ3n) is 4.12. The van der Waals surface area contributed by atoms with Crippen LogP contribution < -0.4 is 0 Å². The summed E-state index contributed by atoms with van der Waals surface area (Å²) >= 11 is 0. The summed E-state index contributed by atoms with van der Waals surface area (Å²) < 4.78 is 19.1. The second-order valence-corrected chi connectivity index (χ2v) is 5.92. The highest BCUT2D eigenvalue weighted by Crippen LogP contribution is 2.26. The van der Waals surface area contributed by atoms with Crippen LogP contribution in [0.5, 0.6) is 0 Å². The van der Waals surface area contributed by atoms with E-state index in [4.69, 9.17) is 4.74 Å². The summed E-state index contributed by atoms with van der Waals surface area (Å²) in [6, 6.07) is 20.7. The predicted octanol–water partition coefficient (Wildman–Crippen LogP) is 5.35. The van der Waals surface area contributed by atoms with Crippen LogP contribution in [0.15, 0.2) is 90.1 Å². The van der Waals surface area contributed by atoms with E-state index in [9.17, 15) is 4.39 Å². The normalized spacial score (nSPS) is 14.5. The number of benzene rings is 3. The molecule has 4 rings (SSSR count). The van der Waals surface area contributed by atoms with Crippen molar-refractivity contribution >= 4 is 22.2 Å². The molecule has 0 atom stereocenters. The maximum Gasteiger partial charge on any atom is 0.136 e. The lowest BCUT2D eigenvalue weighted by atomic mass is 10.0. The zero-order valence-corrected chi connectivity index (χ0v) is 13.6. The topological polar surface area (TPSA) is 21.6 Å². The minimum absolute atomic E-state index is 0.266. The lowest BCUT2D eigenvalue weighted by Crippen LogP contribution is -1.98. The number of fused-ring (bicyclic) bond motifs is 1. The summed E-state index contributed by atoms with van der Waals surface area (Å²) in [5.74, 6) is 1.00. The minimum atomic E-state index is -0.266. The summed E-state index contributed by atoms with van der Waals surface area (Å²) in [6.45, 7) is 4.30. The molecular formula is C22H16FNO. The molecule has 0 unspecified atom stereocenters. The molecule has 122 valence electrons. The molecule has 3 aromatic carbocycles. The largest absolute Gasteiger partial charge is 0.460 e. The van der Waals surface area contributed by atoms with Crippen LogP contribution in [0.2, 0.25) is 0 Å². The smallest absolute Gasteiger partial charge is 0.136 e. The molecular weight excluding hydrogens is 313 g/mol. The van der Waals surface area contributed by atoms with E-state index in [1.54, 1.807) is 12.1 Å². The van der Waals surface area contributed by atoms with Crippen molar-refractivity contribution in [3.63, 3.8) is 0 Å². The molecule has 25 heavy (non-hydrogen) atoms. The Morgan fingerprint density at radius 2 is 1.60 bits per heavy atom. The van der Waals surface area contributed by atoms with Gasteiger partial charge < -0.3 is 4.74 Å². The Bertz CT molecular complexity index is 1020. The van der Waals surface area contributed by atoms with Crippen LogP contribution in [0.4, 0.5) is 4.39 Å². The molecule has 0 aromatic heterocycles. The van der Waals surface area contributed by atoms with E-state index < -0.39 is 0 Å². The van der Waals surface area contributed by atoms with Gasteiger partial charge in [-0.25, -0.2) is 4.39 Å². The third kappa shape index (κ3) is 3.22. The standard InChI is InChI=1S/C22H16FNO/c1-15-14-24-21(17-8-10-20(23)11-9-17)13-22(25-15)19-7-6-16-4-2-3-5-18(16)12-19/h2-13H,1,14H2. The minimum Gasteiger partial charge on any atom is -0.460 e. The summed E-state index contributed by atoms with van der Waals surface area (Å²) in [5, 5.41) is 2.31. The number of hydrogen-bond acceptors (Lipinski definition) is 2. The highest BCUT2D eigenvalue weighted by atomic mass is 19.1. The fourth-order valence-corrected chi connectivity index (χ4v) is 2.84. The van der Waals surface area contributed by atoms with E-state index >= 15 is 0 Å². The Hall–Kier alpha value is -3.20. The van der Waals surface area contributed by atoms with Crippen molar-refractivity contribution in [1.29, 1.82) is 0 Å². The fourth-order valence-electron chi connectivity index (χ4n) is 2.84. The SMILES string of the molecule is C=C1CN=C(c2ccc(F)cc2)C=C(c2ccc3ccccc3c2)O1. The number of halogens is 1. The molecule has 1 aliphatic rings. The van der Waals surface area contributed by atoms with Crippen LogP contribution in [-0.4, -0.2) is 12.3 Å². The maximum absolute atomic E-state index is 13.2. The van der Waals surface area contributed by atoms with Gasteiger partial charge in [-0.3, -0.25) is 4.99 Å². The van der Waals surface area contributed by atoms with Crippen molar-refractivity contribution in [1.82, 2.24) is 0 Å². The van der Waals surface area contributed by atoms with Gasteiger partial charge in [0.25, 0.3) is 0 Å². The van der Waals surface area contributed by atoms with Gasteiger partial charge in [0.1, 0.15) is 17.3 Å². The van der Waals surface area contributed by atoms with Crippen molar-refractivity contribution in [3.05, 3.63) is 102 Å². The quantitative estimate of drug-likeness (QED) is 0.621. The van der Waals surface area contributed by atoms with Gasteiger partial charge in [0.15, 0.2) is 0 Å². The Kier molecular flexibility index (Phi) is 3.90. The lowest BCUT2D eigenvalue weighted by molar-refractivity contribution is 0.381. The van der Waals surface area contributed by atoms with E-state index in [0.717, 1.165) is 22.2 Å². The van der Waals surface area contributed by atoms with Crippen LogP contribution in [0, 0.1) is 5.82 Å². The van der Waals surface area contributed by atoms with Crippen LogP contribution in [0.3, 0.4) is 0 Å². The van der Waals surface area contributed by atoms with E-state index in [2.05, 4.69) is 35.8 Å². The highest BCUT2D eigenvalue weighted by molar-refractivity contribution is 6.12. The lowest BCUT2D eigenvalue weighted by Gasteiger charge is -2.10. The van der Waals surface area contributed by atoms with Gasteiger partial charge in [-0.05, 0) is 41.1 Å². The number of allylic oxidation sites excluding steroid dienone is 1. The molecule has 0 spiro atoms. The van der Waals surface area contributed by atoms with Gasteiger partial charge >= 0.3 is 0 Å². The van der Waals surface area contributed by atoms with Crippen LogP contribution in [-0.2, 0) is 4.74 Å². The predicted molar refractivity (Wildman–Crippen MR) is 100.0 cm³/mol. The molecule has 1 heterocycles. The zero-order chi connectivity index (χ0) is 17.2. The van der Waals surface area contributed by atoms with Crippen LogP contribution in [0.25, 0.3) is 16.5 Å². The number of hydrogen-bond donors (Lipinski definition) is 0. The fraction of sp³-hybridized carbons (Fsp3) is 0.0455. The first kappa shape index (κ1) is 15.3. The van der Waals surface area contributed by atoms with E-state index in [1.165, 1.54) is 17.5 Å². The Morgan fingerprint density at radius 3 is 2.40 bits per heavy atom. The van der Waals surface area contributed by atoms with E-state index in [-0.39, 0.29) is 5.82 Å². The first-order valence-corrected chi connectivity index (χ1v) is 8.06. The van der Waals surface area contributed by atoms with Crippen molar-refractivity contribution in [2.24, 2.45) is 4.99 Å². The van der Waals surface area contributed by atoms with Crippen molar-refractivity contribution in [2.45, 2.75) is 0 Å². The van der Waals surface area contributed by atoms with Gasteiger partial charge in [0.05, 0.1) is 12.3 Å². The molecule has 0 amide bonds. The van der Waals surface area contributed by atoms with Gasteiger partial charge in [-0.1, -0.05) is 43.0 Å². The third-order valence-corrected chi connectivity index (χ3v) is 4.12. The Labute approximate surface area is 145 Å². The first-order chi connectivity index (χ1) is 12.2. The molecule has 0 aliphatic carbocycles.